The second-order valence-corrected chi connectivity index (χ2v) is 4.01. The predicted octanol–water partition coefficient (Wildman–Crippen LogP) is 1.20. The highest BCUT2D eigenvalue weighted by atomic mass is 32.1. The van der Waals surface area contributed by atoms with E-state index in [9.17, 15) is 0 Å². The second-order valence-electron chi connectivity index (χ2n) is 3.69. The Morgan fingerprint density at radius 2 is 2.08 bits per heavy atom. The summed E-state index contributed by atoms with van der Waals surface area (Å²) in [6, 6.07) is 0. The summed E-state index contributed by atoms with van der Waals surface area (Å²) in [5, 5.41) is 3.26. The molecule has 0 aromatic carbocycles. The van der Waals surface area contributed by atoms with E-state index >= 15 is 0 Å². The summed E-state index contributed by atoms with van der Waals surface area (Å²) < 4.78 is 0. The van der Waals surface area contributed by atoms with Crippen LogP contribution in [0.5, 0.6) is 0 Å². The Morgan fingerprint density at radius 1 is 1.42 bits per heavy atom. The van der Waals surface area contributed by atoms with E-state index in [1.54, 1.807) is 0 Å². The largest absolute Gasteiger partial charge is 0.308 e. The first-order valence-electron chi connectivity index (χ1n) is 4.83. The van der Waals surface area contributed by atoms with E-state index in [0.29, 0.717) is 0 Å². The molecule has 0 spiro atoms. The maximum absolute atomic E-state index is 4.11. The molecule has 0 aliphatic carbocycles. The summed E-state index contributed by atoms with van der Waals surface area (Å²) in [4.78, 5) is 2.42. The first-order valence-corrected chi connectivity index (χ1v) is 5.46. The molecule has 0 saturated carbocycles. The number of likely N-dealkylation sites (tertiary alicyclic amines) is 1. The third kappa shape index (κ3) is 3.78. The third-order valence-corrected chi connectivity index (χ3v) is 2.90. The van der Waals surface area contributed by atoms with Crippen molar-refractivity contribution in [3.8, 4) is 0 Å². The predicted molar refractivity (Wildman–Crippen MR) is 56.7 cm³/mol. The molecule has 0 aromatic rings. The summed E-state index contributed by atoms with van der Waals surface area (Å²) in [6.07, 6.45) is 4.09. The van der Waals surface area contributed by atoms with Crippen molar-refractivity contribution in [1.82, 2.24) is 10.2 Å². The van der Waals surface area contributed by atoms with Crippen LogP contribution in [-0.2, 0) is 0 Å². The molecule has 0 atom stereocenters. The summed E-state index contributed by atoms with van der Waals surface area (Å²) >= 11 is 4.11. The number of hydrogen-bond donors (Lipinski definition) is 2. The number of nitrogens with zero attached hydrogens (tertiary/aromatic N) is 1. The molecule has 0 bridgehead atoms. The lowest BCUT2D eigenvalue weighted by Gasteiger charge is -2.28. The van der Waals surface area contributed by atoms with Gasteiger partial charge in [0.25, 0.3) is 0 Å². The quantitative estimate of drug-likeness (QED) is 0.391. The fraction of sp³-hybridized carbons (Fsp3) is 1.00. The van der Waals surface area contributed by atoms with Crippen molar-refractivity contribution in [2.24, 2.45) is 5.92 Å². The van der Waals surface area contributed by atoms with E-state index in [0.717, 1.165) is 18.3 Å². The van der Waals surface area contributed by atoms with Crippen LogP contribution in [0.3, 0.4) is 0 Å². The van der Waals surface area contributed by atoms with E-state index in [1.807, 2.05) is 0 Å². The molecular formula is C9H20N2S. The van der Waals surface area contributed by atoms with Gasteiger partial charge < -0.3 is 10.2 Å². The molecule has 1 heterocycles. The van der Waals surface area contributed by atoms with Gasteiger partial charge in [-0.15, -0.1) is 0 Å². The fourth-order valence-corrected chi connectivity index (χ4v) is 1.89. The van der Waals surface area contributed by atoms with Crippen molar-refractivity contribution in [3.05, 3.63) is 0 Å². The molecule has 72 valence electrons. The van der Waals surface area contributed by atoms with Crippen LogP contribution in [0.1, 0.15) is 19.3 Å². The van der Waals surface area contributed by atoms with Gasteiger partial charge in [-0.25, -0.2) is 0 Å². The number of piperidine rings is 1. The van der Waals surface area contributed by atoms with Crippen LogP contribution >= 0.6 is 12.6 Å². The molecule has 1 saturated heterocycles. The van der Waals surface area contributed by atoms with Crippen LogP contribution in [-0.4, -0.2) is 37.5 Å². The number of rotatable bonds is 4. The lowest BCUT2D eigenvalue weighted by Crippen LogP contribution is -2.31. The van der Waals surface area contributed by atoms with Crippen LogP contribution < -0.4 is 5.32 Å². The summed E-state index contributed by atoms with van der Waals surface area (Å²) in [6.45, 7) is 3.70. The molecule has 0 radical (unpaired) electrons. The highest BCUT2D eigenvalue weighted by molar-refractivity contribution is 7.80. The van der Waals surface area contributed by atoms with E-state index in [-0.39, 0.29) is 0 Å². The van der Waals surface area contributed by atoms with Gasteiger partial charge in [-0.1, -0.05) is 0 Å². The standard InChI is InChI=1S/C9H20N2S/c1-11-6-3-9(4-7-11)2-5-10-8-12/h9-10,12H,2-8H2,1H3. The maximum Gasteiger partial charge on any atom is 0.0387 e. The van der Waals surface area contributed by atoms with Gasteiger partial charge in [0.05, 0.1) is 0 Å². The minimum atomic E-state index is 0.812. The van der Waals surface area contributed by atoms with Gasteiger partial charge in [0.1, 0.15) is 0 Å². The molecule has 1 aliphatic rings. The Labute approximate surface area is 81.1 Å². The molecule has 3 heteroatoms. The smallest absolute Gasteiger partial charge is 0.0387 e. The van der Waals surface area contributed by atoms with Gasteiger partial charge in [-0.3, -0.25) is 0 Å². The summed E-state index contributed by atoms with van der Waals surface area (Å²) in [5.41, 5.74) is 0. The molecular weight excluding hydrogens is 168 g/mol. The molecule has 1 fully saturated rings. The van der Waals surface area contributed by atoms with E-state index in [1.165, 1.54) is 32.4 Å². The van der Waals surface area contributed by atoms with Gasteiger partial charge in [0, 0.05) is 5.88 Å². The molecule has 1 rings (SSSR count). The Morgan fingerprint density at radius 3 is 2.67 bits per heavy atom. The Bertz CT molecular complexity index is 111. The van der Waals surface area contributed by atoms with E-state index in [2.05, 4.69) is 29.9 Å². The zero-order valence-corrected chi connectivity index (χ0v) is 8.82. The monoisotopic (exact) mass is 188 g/mol. The van der Waals surface area contributed by atoms with Gasteiger partial charge in [-0.05, 0) is 51.9 Å². The van der Waals surface area contributed by atoms with Crippen molar-refractivity contribution in [2.45, 2.75) is 19.3 Å². The number of thiol groups is 1. The van der Waals surface area contributed by atoms with Gasteiger partial charge in [0.15, 0.2) is 0 Å². The van der Waals surface area contributed by atoms with Crippen LogP contribution in [0.2, 0.25) is 0 Å². The second kappa shape index (κ2) is 5.84. The van der Waals surface area contributed by atoms with Crippen LogP contribution in [0.4, 0.5) is 0 Å². The molecule has 0 aromatic heterocycles. The average molecular weight is 188 g/mol. The molecule has 2 nitrogen and oxygen atoms in total. The van der Waals surface area contributed by atoms with Crippen LogP contribution in [0.15, 0.2) is 0 Å². The van der Waals surface area contributed by atoms with E-state index < -0.39 is 0 Å². The molecule has 1 N–H and O–H groups in total. The van der Waals surface area contributed by atoms with Crippen molar-refractivity contribution in [1.29, 1.82) is 0 Å². The first-order chi connectivity index (χ1) is 5.83. The van der Waals surface area contributed by atoms with Gasteiger partial charge >= 0.3 is 0 Å². The zero-order chi connectivity index (χ0) is 8.81. The van der Waals surface area contributed by atoms with Gasteiger partial charge in [0.2, 0.25) is 0 Å². The third-order valence-electron chi connectivity index (χ3n) is 2.68. The van der Waals surface area contributed by atoms with Crippen LogP contribution in [0, 0.1) is 5.92 Å². The van der Waals surface area contributed by atoms with Crippen LogP contribution in [0.25, 0.3) is 0 Å². The van der Waals surface area contributed by atoms with Crippen molar-refractivity contribution < 1.29 is 0 Å². The van der Waals surface area contributed by atoms with Gasteiger partial charge in [-0.2, -0.15) is 12.6 Å². The SMILES string of the molecule is CN1CCC(CCNCS)CC1. The Hall–Kier alpha value is 0.270. The highest BCUT2D eigenvalue weighted by Crippen LogP contribution is 2.18. The summed E-state index contributed by atoms with van der Waals surface area (Å²) in [7, 11) is 2.21. The maximum atomic E-state index is 4.11. The van der Waals surface area contributed by atoms with Crippen molar-refractivity contribution in [3.63, 3.8) is 0 Å². The lowest BCUT2D eigenvalue weighted by atomic mass is 9.94. The highest BCUT2D eigenvalue weighted by Gasteiger charge is 2.15. The zero-order valence-electron chi connectivity index (χ0n) is 7.92. The molecule has 12 heavy (non-hydrogen) atoms. The first kappa shape index (κ1) is 10.4. The Kier molecular flexibility index (Phi) is 5.04. The lowest BCUT2D eigenvalue weighted by molar-refractivity contribution is 0.212. The topological polar surface area (TPSA) is 15.3 Å². The number of hydrogen-bond acceptors (Lipinski definition) is 3. The average Bonchev–Trinajstić information content (AvgIpc) is 2.09. The normalized spacial score (nSPS) is 21.5. The minimum absolute atomic E-state index is 0.812. The molecule has 0 amide bonds. The molecule has 0 unspecified atom stereocenters. The van der Waals surface area contributed by atoms with Crippen molar-refractivity contribution in [2.75, 3.05) is 32.6 Å². The number of nitrogens with one attached hydrogen (secondary N) is 1. The Balaban J connectivity index is 2.01. The summed E-state index contributed by atoms with van der Waals surface area (Å²) in [5.74, 6) is 1.76. The van der Waals surface area contributed by atoms with Crippen molar-refractivity contribution >= 4 is 12.6 Å². The molecule has 1 aliphatic heterocycles. The van der Waals surface area contributed by atoms with E-state index in [4.69, 9.17) is 0 Å². The fourth-order valence-electron chi connectivity index (χ4n) is 1.74. The minimum Gasteiger partial charge on any atom is -0.308 e.